The van der Waals surface area contributed by atoms with Crippen molar-refractivity contribution in [2.75, 3.05) is 5.32 Å². The van der Waals surface area contributed by atoms with Crippen LogP contribution in [0.3, 0.4) is 0 Å². The SMILES string of the molecule is O=C(Cc1c[nH]c2ccc(Cl)cc12)Nc1nc2c(s1)CCCC2. The van der Waals surface area contributed by atoms with Gasteiger partial charge in [0.1, 0.15) is 0 Å². The fourth-order valence-electron chi connectivity index (χ4n) is 3.04. The van der Waals surface area contributed by atoms with Crippen molar-refractivity contribution in [1.29, 1.82) is 0 Å². The van der Waals surface area contributed by atoms with Gasteiger partial charge in [-0.15, -0.1) is 11.3 Å². The summed E-state index contributed by atoms with van der Waals surface area (Å²) in [5.41, 5.74) is 3.10. The number of fused-ring (bicyclic) bond motifs is 2. The minimum Gasteiger partial charge on any atom is -0.361 e. The lowest BCUT2D eigenvalue weighted by Crippen LogP contribution is -2.14. The molecule has 6 heteroatoms. The third kappa shape index (κ3) is 2.99. The van der Waals surface area contributed by atoms with E-state index in [4.69, 9.17) is 11.6 Å². The first-order valence-corrected chi connectivity index (χ1v) is 8.92. The van der Waals surface area contributed by atoms with Gasteiger partial charge in [-0.1, -0.05) is 11.6 Å². The third-order valence-corrected chi connectivity index (χ3v) is 5.48. The van der Waals surface area contributed by atoms with Crippen molar-refractivity contribution in [3.05, 3.63) is 45.6 Å². The Hall–Kier alpha value is -1.85. The highest BCUT2D eigenvalue weighted by molar-refractivity contribution is 7.15. The largest absolute Gasteiger partial charge is 0.361 e. The van der Waals surface area contributed by atoms with Crippen LogP contribution in [0.2, 0.25) is 5.02 Å². The highest BCUT2D eigenvalue weighted by Gasteiger charge is 2.17. The van der Waals surface area contributed by atoms with Gasteiger partial charge in [0.05, 0.1) is 12.1 Å². The van der Waals surface area contributed by atoms with E-state index in [1.807, 2.05) is 24.4 Å². The van der Waals surface area contributed by atoms with Gasteiger partial charge in [0, 0.05) is 27.0 Å². The van der Waals surface area contributed by atoms with E-state index in [1.165, 1.54) is 17.7 Å². The van der Waals surface area contributed by atoms with Gasteiger partial charge in [0.2, 0.25) is 5.91 Å². The lowest BCUT2D eigenvalue weighted by molar-refractivity contribution is -0.115. The Bertz CT molecular complexity index is 860. The second-order valence-electron chi connectivity index (χ2n) is 5.82. The van der Waals surface area contributed by atoms with Crippen LogP contribution < -0.4 is 5.32 Å². The number of aryl methyl sites for hydroxylation is 2. The molecule has 3 aromatic rings. The van der Waals surface area contributed by atoms with Crippen molar-refractivity contribution in [2.24, 2.45) is 0 Å². The van der Waals surface area contributed by atoms with Crippen LogP contribution in [0.1, 0.15) is 29.0 Å². The van der Waals surface area contributed by atoms with E-state index in [2.05, 4.69) is 15.3 Å². The number of hydrogen-bond donors (Lipinski definition) is 2. The first-order chi connectivity index (χ1) is 11.2. The lowest BCUT2D eigenvalue weighted by Gasteiger charge is -2.06. The van der Waals surface area contributed by atoms with Crippen molar-refractivity contribution in [3.8, 4) is 0 Å². The number of hydrogen-bond acceptors (Lipinski definition) is 3. The number of thiazole rings is 1. The number of nitrogens with one attached hydrogen (secondary N) is 2. The quantitative estimate of drug-likeness (QED) is 0.742. The van der Waals surface area contributed by atoms with Crippen molar-refractivity contribution in [1.82, 2.24) is 9.97 Å². The molecule has 0 aliphatic heterocycles. The van der Waals surface area contributed by atoms with E-state index >= 15 is 0 Å². The van der Waals surface area contributed by atoms with Gasteiger partial charge in [-0.05, 0) is 49.4 Å². The zero-order valence-electron chi connectivity index (χ0n) is 12.5. The van der Waals surface area contributed by atoms with Gasteiger partial charge in [-0.25, -0.2) is 4.98 Å². The fraction of sp³-hybridized carbons (Fsp3) is 0.294. The maximum absolute atomic E-state index is 12.3. The molecule has 1 aliphatic carbocycles. The summed E-state index contributed by atoms with van der Waals surface area (Å²) in [5, 5.41) is 5.32. The molecule has 0 bridgehead atoms. The smallest absolute Gasteiger partial charge is 0.230 e. The summed E-state index contributed by atoms with van der Waals surface area (Å²) in [6, 6.07) is 5.65. The van der Waals surface area contributed by atoms with Gasteiger partial charge < -0.3 is 10.3 Å². The third-order valence-electron chi connectivity index (χ3n) is 4.17. The molecule has 23 heavy (non-hydrogen) atoms. The Morgan fingerprint density at radius 2 is 2.22 bits per heavy atom. The van der Waals surface area contributed by atoms with E-state index in [1.54, 1.807) is 11.3 Å². The number of anilines is 1. The standard InChI is InChI=1S/C17H16ClN3OS/c18-11-5-6-13-12(8-11)10(9-19-13)7-16(22)21-17-20-14-3-1-2-4-15(14)23-17/h5-6,8-9,19H,1-4,7H2,(H,20,21,22). The second kappa shape index (κ2) is 5.98. The summed E-state index contributed by atoms with van der Waals surface area (Å²) in [5.74, 6) is -0.0445. The molecule has 2 heterocycles. The number of halogens is 1. The number of aromatic amines is 1. The molecular formula is C17H16ClN3OS. The summed E-state index contributed by atoms with van der Waals surface area (Å²) in [6.07, 6.45) is 6.71. The van der Waals surface area contributed by atoms with Crippen LogP contribution in [0.4, 0.5) is 5.13 Å². The number of carbonyl (C=O) groups excluding carboxylic acids is 1. The lowest BCUT2D eigenvalue weighted by atomic mass is 10.0. The van der Waals surface area contributed by atoms with Gasteiger partial charge in [0.15, 0.2) is 5.13 Å². The molecule has 1 amide bonds. The Kier molecular flexibility index (Phi) is 3.83. The van der Waals surface area contributed by atoms with E-state index in [9.17, 15) is 4.79 Å². The van der Waals surface area contributed by atoms with Crippen LogP contribution in [0.15, 0.2) is 24.4 Å². The number of rotatable bonds is 3. The highest BCUT2D eigenvalue weighted by atomic mass is 35.5. The van der Waals surface area contributed by atoms with Crippen LogP contribution in [-0.2, 0) is 24.1 Å². The summed E-state index contributed by atoms with van der Waals surface area (Å²) in [6.45, 7) is 0. The average Bonchev–Trinajstić information content (AvgIpc) is 3.10. The van der Waals surface area contributed by atoms with Crippen LogP contribution >= 0.6 is 22.9 Å². The molecule has 1 aromatic carbocycles. The van der Waals surface area contributed by atoms with Crippen LogP contribution in [0.5, 0.6) is 0 Å². The molecule has 0 saturated heterocycles. The van der Waals surface area contributed by atoms with Gasteiger partial charge in [-0.2, -0.15) is 0 Å². The van der Waals surface area contributed by atoms with Gasteiger partial charge >= 0.3 is 0 Å². The van der Waals surface area contributed by atoms with Crippen molar-refractivity contribution in [2.45, 2.75) is 32.1 Å². The molecular weight excluding hydrogens is 330 g/mol. The molecule has 0 unspecified atom stereocenters. The van der Waals surface area contributed by atoms with E-state index in [0.717, 1.165) is 40.1 Å². The van der Waals surface area contributed by atoms with Gasteiger partial charge in [-0.3, -0.25) is 4.79 Å². The van der Waals surface area contributed by atoms with Crippen LogP contribution in [0.25, 0.3) is 10.9 Å². The molecule has 0 saturated carbocycles. The number of benzene rings is 1. The van der Waals surface area contributed by atoms with E-state index in [0.29, 0.717) is 11.4 Å². The monoisotopic (exact) mass is 345 g/mol. The summed E-state index contributed by atoms with van der Waals surface area (Å²) in [7, 11) is 0. The van der Waals surface area contributed by atoms with E-state index < -0.39 is 0 Å². The topological polar surface area (TPSA) is 57.8 Å². The minimum atomic E-state index is -0.0445. The van der Waals surface area contributed by atoms with Crippen molar-refractivity contribution < 1.29 is 4.79 Å². The minimum absolute atomic E-state index is 0.0445. The zero-order chi connectivity index (χ0) is 15.8. The number of nitrogens with zero attached hydrogens (tertiary/aromatic N) is 1. The predicted octanol–water partition coefficient (Wildman–Crippen LogP) is 4.34. The molecule has 4 nitrogen and oxygen atoms in total. The molecule has 0 radical (unpaired) electrons. The summed E-state index contributed by atoms with van der Waals surface area (Å²) in [4.78, 5) is 21.4. The second-order valence-corrected chi connectivity index (χ2v) is 7.34. The molecule has 4 rings (SSSR count). The molecule has 1 aliphatic rings. The molecule has 2 N–H and O–H groups in total. The zero-order valence-corrected chi connectivity index (χ0v) is 14.1. The molecule has 2 aromatic heterocycles. The maximum Gasteiger partial charge on any atom is 0.230 e. The molecule has 118 valence electrons. The molecule has 0 atom stereocenters. The number of carbonyl (C=O) groups is 1. The van der Waals surface area contributed by atoms with Crippen molar-refractivity contribution >= 4 is 44.9 Å². The maximum atomic E-state index is 12.3. The average molecular weight is 346 g/mol. The molecule has 0 spiro atoms. The number of H-pyrrole nitrogens is 1. The Balaban J connectivity index is 1.51. The Morgan fingerprint density at radius 1 is 1.35 bits per heavy atom. The number of aromatic nitrogens is 2. The Morgan fingerprint density at radius 3 is 3.09 bits per heavy atom. The Labute approximate surface area is 142 Å². The summed E-state index contributed by atoms with van der Waals surface area (Å²) >= 11 is 7.66. The van der Waals surface area contributed by atoms with Crippen molar-refractivity contribution in [3.63, 3.8) is 0 Å². The highest BCUT2D eigenvalue weighted by Crippen LogP contribution is 2.30. The predicted molar refractivity (Wildman–Crippen MR) is 94.4 cm³/mol. The summed E-state index contributed by atoms with van der Waals surface area (Å²) < 4.78 is 0. The first kappa shape index (κ1) is 14.7. The fourth-order valence-corrected chi connectivity index (χ4v) is 4.28. The van der Waals surface area contributed by atoms with Crippen LogP contribution in [-0.4, -0.2) is 15.9 Å². The first-order valence-electron chi connectivity index (χ1n) is 7.73. The normalized spacial score (nSPS) is 14.0. The van der Waals surface area contributed by atoms with Crippen LogP contribution in [0, 0.1) is 0 Å². The molecule has 0 fully saturated rings. The van der Waals surface area contributed by atoms with E-state index in [-0.39, 0.29) is 5.91 Å². The number of amides is 1. The van der Waals surface area contributed by atoms with Gasteiger partial charge in [0.25, 0.3) is 0 Å².